The van der Waals surface area contributed by atoms with Crippen molar-refractivity contribution in [2.45, 2.75) is 84.5 Å². The van der Waals surface area contributed by atoms with Gasteiger partial charge in [-0.25, -0.2) is 0 Å². The number of nitrogens with zero attached hydrogens (tertiary/aromatic N) is 1. The smallest absolute Gasteiger partial charge is 0.128 e. The Morgan fingerprint density at radius 1 is 1.39 bits per heavy atom. The molecule has 0 aromatic rings. The summed E-state index contributed by atoms with van der Waals surface area (Å²) in [5, 5.41) is 3.67. The summed E-state index contributed by atoms with van der Waals surface area (Å²) in [4.78, 5) is 2.61. The van der Waals surface area contributed by atoms with E-state index in [-0.39, 0.29) is 8.07 Å². The molecule has 0 saturated carbocycles. The molecule has 0 radical (unpaired) electrons. The lowest BCUT2D eigenvalue weighted by Gasteiger charge is -2.22. The lowest BCUT2D eigenvalue weighted by molar-refractivity contribution is 0.112. The summed E-state index contributed by atoms with van der Waals surface area (Å²) in [6, 6.07) is 0. The van der Waals surface area contributed by atoms with Gasteiger partial charge >= 0.3 is 0 Å². The molecule has 5 heteroatoms. The summed E-state index contributed by atoms with van der Waals surface area (Å²) < 4.78 is 6.60. The minimum absolute atomic E-state index is 0.0106. The van der Waals surface area contributed by atoms with E-state index in [1.165, 1.54) is 76.3 Å². The van der Waals surface area contributed by atoms with E-state index in [0.717, 1.165) is 25.3 Å². The first kappa shape index (κ1) is 24.0. The van der Waals surface area contributed by atoms with Crippen molar-refractivity contribution in [3.63, 3.8) is 0 Å². The van der Waals surface area contributed by atoms with Crippen molar-refractivity contribution in [2.75, 3.05) is 39.0 Å². The van der Waals surface area contributed by atoms with Gasteiger partial charge in [-0.3, -0.25) is 9.99 Å². The minimum Gasteiger partial charge on any atom is -0.493 e. The number of rotatable bonds is 12. The molecule has 0 amide bonds. The molecule has 0 bridgehead atoms. The second-order valence-electron chi connectivity index (χ2n) is 8.88. The molecule has 1 aliphatic carbocycles. The van der Waals surface area contributed by atoms with E-state index in [1.807, 2.05) is 0 Å². The highest BCUT2D eigenvalue weighted by Gasteiger charge is 2.26. The predicted molar refractivity (Wildman–Crippen MR) is 128 cm³/mol. The van der Waals surface area contributed by atoms with E-state index in [0.29, 0.717) is 6.10 Å². The summed E-state index contributed by atoms with van der Waals surface area (Å²) in [7, 11) is 1.29. The van der Waals surface area contributed by atoms with Gasteiger partial charge in [0.2, 0.25) is 0 Å². The van der Waals surface area contributed by atoms with Crippen molar-refractivity contribution in [1.82, 2.24) is 9.99 Å². The van der Waals surface area contributed by atoms with Gasteiger partial charge in [-0.05, 0) is 65.6 Å². The van der Waals surface area contributed by atoms with Crippen LogP contribution < -0.4 is 5.09 Å². The van der Waals surface area contributed by atoms with Crippen molar-refractivity contribution >= 4 is 15.4 Å². The Labute approximate surface area is 176 Å². The van der Waals surface area contributed by atoms with E-state index >= 15 is 0 Å². The number of allylic oxidation sites excluding steroid dienone is 4. The standard InChI is InChI=1S/C23H44BN2OP/c1-6-13-25-28(5)16-15-26-14-12-22(18-26)27-23-11-9-8-10-21(20(23)4)17-24-19(3)7-2/h10,19,22,24-25H,6-9,11-18H2,1-5H3. The third-order valence-corrected chi connectivity index (χ3v) is 8.06. The SMILES string of the molecule is CCCNP(C)CCN1CCC(OC2=C(C)C(CBC(C)CC)=CCCC2)C1. The van der Waals surface area contributed by atoms with E-state index in [1.54, 1.807) is 5.57 Å². The number of ether oxygens (including phenoxy) is 1. The van der Waals surface area contributed by atoms with Crippen LogP contribution in [0.5, 0.6) is 0 Å². The van der Waals surface area contributed by atoms with Gasteiger partial charge in [-0.1, -0.05) is 51.0 Å². The maximum Gasteiger partial charge on any atom is 0.128 e. The number of hydrogen-bond donors (Lipinski definition) is 1. The molecule has 2 aliphatic rings. The zero-order valence-electron chi connectivity index (χ0n) is 19.2. The molecule has 2 rings (SSSR count). The zero-order chi connectivity index (χ0) is 20.4. The second-order valence-corrected chi connectivity index (χ2v) is 11.0. The van der Waals surface area contributed by atoms with Gasteiger partial charge in [-0.2, -0.15) is 0 Å². The van der Waals surface area contributed by atoms with Gasteiger partial charge in [0.15, 0.2) is 0 Å². The molecule has 1 heterocycles. The first-order chi connectivity index (χ1) is 13.5. The van der Waals surface area contributed by atoms with Crippen LogP contribution >= 0.6 is 8.07 Å². The number of nitrogens with one attached hydrogen (secondary N) is 1. The maximum atomic E-state index is 6.60. The molecule has 3 atom stereocenters. The number of hydrogen-bond acceptors (Lipinski definition) is 3. The highest BCUT2D eigenvalue weighted by Crippen LogP contribution is 2.31. The Kier molecular flexibility index (Phi) is 11.2. The van der Waals surface area contributed by atoms with Crippen molar-refractivity contribution in [2.24, 2.45) is 0 Å². The van der Waals surface area contributed by atoms with Crippen LogP contribution in [-0.2, 0) is 4.74 Å². The fourth-order valence-corrected chi connectivity index (χ4v) is 5.42. The Bertz CT molecular complexity index is 523. The Balaban J connectivity index is 1.82. The van der Waals surface area contributed by atoms with Gasteiger partial charge in [0.05, 0.1) is 5.76 Å². The van der Waals surface area contributed by atoms with Crippen molar-refractivity contribution in [1.29, 1.82) is 0 Å². The lowest BCUT2D eigenvalue weighted by atomic mass is 9.59. The summed E-state index contributed by atoms with van der Waals surface area (Å²) >= 11 is 0. The third kappa shape index (κ3) is 8.21. The zero-order valence-corrected chi connectivity index (χ0v) is 20.1. The average Bonchev–Trinajstić information content (AvgIpc) is 3.08. The molecule has 1 N–H and O–H groups in total. The summed E-state index contributed by atoms with van der Waals surface area (Å²) in [6.07, 6.45) is 12.7. The van der Waals surface area contributed by atoms with E-state index < -0.39 is 0 Å². The van der Waals surface area contributed by atoms with Gasteiger partial charge < -0.3 is 4.74 Å². The quantitative estimate of drug-likeness (QED) is 0.339. The third-order valence-electron chi connectivity index (χ3n) is 6.42. The van der Waals surface area contributed by atoms with Crippen LogP contribution in [0, 0.1) is 0 Å². The Hall–Kier alpha value is -0.305. The molecule has 3 unspecified atom stereocenters. The monoisotopic (exact) mass is 406 g/mol. The molecule has 3 nitrogen and oxygen atoms in total. The molecule has 1 saturated heterocycles. The van der Waals surface area contributed by atoms with Crippen LogP contribution in [0.1, 0.15) is 66.2 Å². The molecule has 0 aromatic carbocycles. The van der Waals surface area contributed by atoms with Crippen molar-refractivity contribution < 1.29 is 4.74 Å². The Morgan fingerprint density at radius 3 is 2.96 bits per heavy atom. The van der Waals surface area contributed by atoms with Crippen molar-refractivity contribution in [3.8, 4) is 0 Å². The van der Waals surface area contributed by atoms with Crippen LogP contribution in [-0.4, -0.2) is 57.3 Å². The van der Waals surface area contributed by atoms with Gasteiger partial charge in [0.25, 0.3) is 0 Å². The summed E-state index contributed by atoms with van der Waals surface area (Å²) in [6.45, 7) is 16.3. The topological polar surface area (TPSA) is 24.5 Å². The molecular formula is C23H44BN2OP. The van der Waals surface area contributed by atoms with Crippen LogP contribution in [0.2, 0.25) is 12.1 Å². The normalized spacial score (nSPS) is 23.3. The fourth-order valence-electron chi connectivity index (χ4n) is 4.07. The molecule has 160 valence electrons. The van der Waals surface area contributed by atoms with Gasteiger partial charge in [-0.15, -0.1) is 0 Å². The highest BCUT2D eigenvalue weighted by atomic mass is 31.1. The maximum absolute atomic E-state index is 6.60. The summed E-state index contributed by atoms with van der Waals surface area (Å²) in [5.41, 5.74) is 3.00. The molecule has 0 spiro atoms. The highest BCUT2D eigenvalue weighted by molar-refractivity contribution is 7.54. The van der Waals surface area contributed by atoms with Crippen LogP contribution in [0.15, 0.2) is 23.0 Å². The molecule has 1 fully saturated rings. The molecule has 1 aliphatic heterocycles. The number of likely N-dealkylation sites (tertiary alicyclic amines) is 1. The van der Waals surface area contributed by atoms with E-state index in [2.05, 4.69) is 50.4 Å². The molecule has 28 heavy (non-hydrogen) atoms. The lowest BCUT2D eigenvalue weighted by Crippen LogP contribution is -2.27. The molecular weight excluding hydrogens is 362 g/mol. The van der Waals surface area contributed by atoms with Crippen molar-refractivity contribution in [3.05, 3.63) is 23.0 Å². The van der Waals surface area contributed by atoms with E-state index in [9.17, 15) is 0 Å². The predicted octanol–water partition coefficient (Wildman–Crippen LogP) is 5.56. The van der Waals surface area contributed by atoms with E-state index in [4.69, 9.17) is 4.74 Å². The van der Waals surface area contributed by atoms with Crippen LogP contribution in [0.3, 0.4) is 0 Å². The van der Waals surface area contributed by atoms with Crippen LogP contribution in [0.4, 0.5) is 0 Å². The average molecular weight is 406 g/mol. The second kappa shape index (κ2) is 13.1. The fraction of sp³-hybridized carbons (Fsp3) is 0.826. The summed E-state index contributed by atoms with van der Waals surface area (Å²) in [5.74, 6) is 2.11. The first-order valence-electron chi connectivity index (χ1n) is 11.8. The Morgan fingerprint density at radius 2 is 2.21 bits per heavy atom. The molecule has 0 aromatic heterocycles. The minimum atomic E-state index is -0.0106. The van der Waals surface area contributed by atoms with Gasteiger partial charge in [0, 0.05) is 26.1 Å². The first-order valence-corrected chi connectivity index (χ1v) is 13.7. The van der Waals surface area contributed by atoms with Crippen LogP contribution in [0.25, 0.3) is 0 Å². The van der Waals surface area contributed by atoms with Gasteiger partial charge in [0.1, 0.15) is 13.4 Å². The largest absolute Gasteiger partial charge is 0.493 e.